The average molecular weight is 506 g/mol. The van der Waals surface area contributed by atoms with E-state index in [0.717, 1.165) is 18.8 Å². The average Bonchev–Trinajstić information content (AvgIpc) is 2.82. The molecule has 0 saturated heterocycles. The van der Waals surface area contributed by atoms with E-state index in [1.165, 1.54) is 33.5 Å². The van der Waals surface area contributed by atoms with Gasteiger partial charge in [-0.25, -0.2) is 4.79 Å². The van der Waals surface area contributed by atoms with Gasteiger partial charge in [0.05, 0.1) is 19.8 Å². The van der Waals surface area contributed by atoms with Crippen LogP contribution in [0.15, 0.2) is 0 Å². The Morgan fingerprint density at radius 2 is 1.37 bits per heavy atom. The Bertz CT molecular complexity index is 523. The summed E-state index contributed by atoms with van der Waals surface area (Å²) in [5.74, 6) is 0.368. The number of amides is 3. The van der Waals surface area contributed by atoms with Gasteiger partial charge in [-0.05, 0) is 18.8 Å². The zero-order valence-corrected chi connectivity index (χ0v) is 22.0. The number of carbonyl (C=O) groups is 3. The van der Waals surface area contributed by atoms with Crippen LogP contribution >= 0.6 is 0 Å². The van der Waals surface area contributed by atoms with Crippen molar-refractivity contribution in [2.45, 2.75) is 65.1 Å². The molecule has 0 aromatic carbocycles. The lowest BCUT2D eigenvalue weighted by Gasteiger charge is -2.18. The number of hydrogen-bond donors (Lipinski definition) is 3. The molecule has 0 aliphatic rings. The third-order valence-electron chi connectivity index (χ3n) is 4.84. The van der Waals surface area contributed by atoms with Crippen molar-refractivity contribution >= 4 is 17.9 Å². The van der Waals surface area contributed by atoms with Gasteiger partial charge in [0.2, 0.25) is 11.8 Å². The van der Waals surface area contributed by atoms with Crippen molar-refractivity contribution < 1.29 is 38.1 Å². The molecule has 206 valence electrons. The van der Waals surface area contributed by atoms with Crippen LogP contribution in [0.3, 0.4) is 0 Å². The quantitative estimate of drug-likeness (QED) is 0.142. The number of unbranched alkanes of at least 4 members (excludes halogenated alkanes) is 3. The van der Waals surface area contributed by atoms with Gasteiger partial charge in [-0.2, -0.15) is 0 Å². The van der Waals surface area contributed by atoms with Crippen molar-refractivity contribution in [2.24, 2.45) is 5.92 Å². The van der Waals surface area contributed by atoms with Crippen LogP contribution in [0.1, 0.15) is 58.8 Å². The molecule has 0 saturated carbocycles. The van der Waals surface area contributed by atoms with Gasteiger partial charge in [0.1, 0.15) is 13.2 Å². The van der Waals surface area contributed by atoms with Crippen LogP contribution in [0.25, 0.3) is 0 Å². The molecule has 35 heavy (non-hydrogen) atoms. The topological polar surface area (TPSA) is 133 Å². The van der Waals surface area contributed by atoms with Gasteiger partial charge in [-0.3, -0.25) is 9.59 Å². The van der Waals surface area contributed by atoms with Crippen LogP contribution in [0.2, 0.25) is 0 Å². The van der Waals surface area contributed by atoms with E-state index in [9.17, 15) is 14.4 Å². The molecule has 0 heterocycles. The lowest BCUT2D eigenvalue weighted by atomic mass is 10.0. The zero-order chi connectivity index (χ0) is 26.2. The normalized spacial score (nSPS) is 11.8. The molecule has 0 aromatic heterocycles. The second kappa shape index (κ2) is 23.8. The molecule has 3 N–H and O–H groups in total. The third-order valence-corrected chi connectivity index (χ3v) is 4.84. The van der Waals surface area contributed by atoms with Crippen molar-refractivity contribution in [1.29, 1.82) is 0 Å². The highest BCUT2D eigenvalue weighted by Crippen LogP contribution is 2.09. The lowest BCUT2D eigenvalue weighted by Crippen LogP contribution is -2.36. The summed E-state index contributed by atoms with van der Waals surface area (Å²) in [6.07, 6.45) is 4.98. The second-order valence-corrected chi connectivity index (χ2v) is 8.52. The van der Waals surface area contributed by atoms with Crippen molar-refractivity contribution in [2.75, 3.05) is 66.9 Å². The minimum absolute atomic E-state index is 0.0282. The van der Waals surface area contributed by atoms with Crippen LogP contribution < -0.4 is 16.0 Å². The number of alkyl carbamates (subject to hydrolysis) is 1. The Morgan fingerprint density at radius 3 is 2.06 bits per heavy atom. The molecule has 0 spiro atoms. The summed E-state index contributed by atoms with van der Waals surface area (Å²) in [6.45, 7) is 6.29. The molecular weight excluding hydrogens is 458 g/mol. The highest BCUT2D eigenvalue weighted by atomic mass is 16.7. The first-order valence-corrected chi connectivity index (χ1v) is 12.5. The summed E-state index contributed by atoms with van der Waals surface area (Å²) < 4.78 is 25.8. The summed E-state index contributed by atoms with van der Waals surface area (Å²) >= 11 is 0. The SMILES string of the molecule is COCCNC(=O)COC(COC(=O)NCCOC)OCCCC(=O)NCCCCCCC(C)C. The second-order valence-electron chi connectivity index (χ2n) is 8.52. The molecule has 11 nitrogen and oxygen atoms in total. The largest absolute Gasteiger partial charge is 0.444 e. The maximum absolute atomic E-state index is 12.0. The standard InChI is InChI=1S/C24H47N3O8/c1-20(2)10-7-5-6-8-12-25-21(28)11-9-15-33-23(19-35-24(30)27-14-17-32-4)34-18-22(29)26-13-16-31-3/h20,23H,5-19H2,1-4H3,(H,25,28)(H,26,29)(H,27,30). The number of rotatable bonds is 23. The first-order valence-electron chi connectivity index (χ1n) is 12.5. The summed E-state index contributed by atoms with van der Waals surface area (Å²) in [7, 11) is 3.06. The van der Waals surface area contributed by atoms with Gasteiger partial charge in [0, 0.05) is 40.3 Å². The van der Waals surface area contributed by atoms with Gasteiger partial charge < -0.3 is 39.6 Å². The van der Waals surface area contributed by atoms with Crippen LogP contribution in [0, 0.1) is 5.92 Å². The summed E-state index contributed by atoms with van der Waals surface area (Å²) in [6, 6.07) is 0. The van der Waals surface area contributed by atoms with E-state index in [-0.39, 0.29) is 31.6 Å². The Kier molecular flexibility index (Phi) is 22.5. The predicted molar refractivity (Wildman–Crippen MR) is 132 cm³/mol. The van der Waals surface area contributed by atoms with Gasteiger partial charge >= 0.3 is 6.09 Å². The monoisotopic (exact) mass is 505 g/mol. The molecule has 0 rings (SSSR count). The molecule has 1 atom stereocenters. The summed E-state index contributed by atoms with van der Waals surface area (Å²) in [4.78, 5) is 35.6. The Balaban J connectivity index is 4.16. The fourth-order valence-electron chi connectivity index (χ4n) is 2.90. The smallest absolute Gasteiger partial charge is 0.407 e. The molecule has 11 heteroatoms. The summed E-state index contributed by atoms with van der Waals surface area (Å²) in [5.41, 5.74) is 0. The minimum Gasteiger partial charge on any atom is -0.444 e. The first-order chi connectivity index (χ1) is 16.9. The fraction of sp³-hybridized carbons (Fsp3) is 0.875. The molecule has 0 radical (unpaired) electrons. The predicted octanol–water partition coefficient (Wildman–Crippen LogP) is 1.98. The molecule has 1 unspecified atom stereocenters. The van der Waals surface area contributed by atoms with Gasteiger partial charge in [-0.1, -0.05) is 39.5 Å². The molecule has 0 aliphatic heterocycles. The number of ether oxygens (including phenoxy) is 5. The van der Waals surface area contributed by atoms with Gasteiger partial charge in [0.15, 0.2) is 6.29 Å². The van der Waals surface area contributed by atoms with Crippen molar-refractivity contribution in [3.8, 4) is 0 Å². The molecule has 0 aliphatic carbocycles. The van der Waals surface area contributed by atoms with E-state index in [2.05, 4.69) is 29.8 Å². The molecule has 0 fully saturated rings. The number of hydrogen-bond acceptors (Lipinski definition) is 8. The third kappa shape index (κ3) is 23.6. The fourth-order valence-corrected chi connectivity index (χ4v) is 2.90. The number of nitrogens with one attached hydrogen (secondary N) is 3. The van der Waals surface area contributed by atoms with Crippen LogP contribution in [0.4, 0.5) is 4.79 Å². The van der Waals surface area contributed by atoms with E-state index >= 15 is 0 Å². The highest BCUT2D eigenvalue weighted by Gasteiger charge is 2.15. The van der Waals surface area contributed by atoms with E-state index in [1.807, 2.05) is 0 Å². The van der Waals surface area contributed by atoms with E-state index in [0.29, 0.717) is 45.7 Å². The Hall–Kier alpha value is -1.95. The van der Waals surface area contributed by atoms with Crippen molar-refractivity contribution in [3.63, 3.8) is 0 Å². The maximum Gasteiger partial charge on any atom is 0.407 e. The van der Waals surface area contributed by atoms with Gasteiger partial charge in [0.25, 0.3) is 0 Å². The Labute approximate surface area is 210 Å². The Morgan fingerprint density at radius 1 is 0.714 bits per heavy atom. The highest BCUT2D eigenvalue weighted by molar-refractivity contribution is 5.77. The van der Waals surface area contributed by atoms with Crippen LogP contribution in [0.5, 0.6) is 0 Å². The molecule has 3 amide bonds. The molecule has 0 aromatic rings. The first kappa shape index (κ1) is 33.0. The lowest BCUT2D eigenvalue weighted by molar-refractivity contribution is -0.170. The zero-order valence-electron chi connectivity index (χ0n) is 22.0. The van der Waals surface area contributed by atoms with Crippen molar-refractivity contribution in [3.05, 3.63) is 0 Å². The number of carbonyl (C=O) groups excluding carboxylic acids is 3. The van der Waals surface area contributed by atoms with Crippen LogP contribution in [-0.2, 0) is 33.3 Å². The van der Waals surface area contributed by atoms with E-state index in [4.69, 9.17) is 23.7 Å². The molecular formula is C24H47N3O8. The van der Waals surface area contributed by atoms with Crippen LogP contribution in [-0.4, -0.2) is 91.1 Å². The van der Waals surface area contributed by atoms with E-state index < -0.39 is 12.4 Å². The van der Waals surface area contributed by atoms with E-state index in [1.54, 1.807) is 0 Å². The maximum atomic E-state index is 12.0. The minimum atomic E-state index is -0.940. The number of methoxy groups -OCH3 is 2. The van der Waals surface area contributed by atoms with Crippen molar-refractivity contribution in [1.82, 2.24) is 16.0 Å². The molecule has 0 bridgehead atoms. The summed E-state index contributed by atoms with van der Waals surface area (Å²) in [5, 5.41) is 8.07. The van der Waals surface area contributed by atoms with Gasteiger partial charge in [-0.15, -0.1) is 0 Å².